The number of aliphatic hydroxyl groups excluding tert-OH is 2. The summed E-state index contributed by atoms with van der Waals surface area (Å²) in [7, 11) is 0. The molecule has 1 heterocycles. The van der Waals surface area contributed by atoms with E-state index < -0.39 is 30.4 Å². The molecule has 3 amide bonds. The van der Waals surface area contributed by atoms with Crippen molar-refractivity contribution in [3.8, 4) is 0 Å². The van der Waals surface area contributed by atoms with E-state index in [1.165, 1.54) is 0 Å². The molecule has 0 saturated carbocycles. The second kappa shape index (κ2) is 4.53. The number of aliphatic hydroxyl groups is 3. The van der Waals surface area contributed by atoms with Crippen molar-refractivity contribution < 1.29 is 29.6 Å². The predicted octanol–water partition coefficient (Wildman–Crippen LogP) is -2.77. The molecule has 0 bridgehead atoms. The van der Waals surface area contributed by atoms with Crippen molar-refractivity contribution >= 4 is 11.9 Å². The fourth-order valence-corrected chi connectivity index (χ4v) is 1.26. The van der Waals surface area contributed by atoms with E-state index in [0.717, 1.165) is 0 Å². The highest BCUT2D eigenvalue weighted by Gasteiger charge is 2.48. The molecular weight excluding hydrogens is 208 g/mol. The maximum absolute atomic E-state index is 11.3. The number of nitrogens with one attached hydrogen (secondary N) is 2. The van der Waals surface area contributed by atoms with E-state index in [2.05, 4.69) is 5.32 Å². The largest absolute Gasteiger partial charge is 0.394 e. The Balaban J connectivity index is 2.76. The maximum Gasteiger partial charge on any atom is 0.324 e. The van der Waals surface area contributed by atoms with Crippen molar-refractivity contribution in [2.75, 3.05) is 13.2 Å². The zero-order valence-electron chi connectivity index (χ0n) is 7.77. The first kappa shape index (κ1) is 11.9. The van der Waals surface area contributed by atoms with Crippen molar-refractivity contribution in [3.05, 3.63) is 0 Å². The second-order valence-corrected chi connectivity index (χ2v) is 2.99. The average Bonchev–Trinajstić information content (AvgIpc) is 2.37. The van der Waals surface area contributed by atoms with Crippen LogP contribution in [0.25, 0.3) is 0 Å². The number of urea groups is 1. The highest BCUT2D eigenvalue weighted by atomic mass is 16.5. The summed E-state index contributed by atoms with van der Waals surface area (Å²) in [4.78, 5) is 22.2. The topological polar surface area (TPSA) is 128 Å². The maximum atomic E-state index is 11.3. The van der Waals surface area contributed by atoms with Crippen molar-refractivity contribution in [2.45, 2.75) is 18.4 Å². The molecule has 8 heteroatoms. The number of rotatable bonds is 5. The van der Waals surface area contributed by atoms with E-state index >= 15 is 0 Å². The van der Waals surface area contributed by atoms with Gasteiger partial charge in [0.1, 0.15) is 0 Å². The third kappa shape index (κ3) is 2.63. The first-order valence-corrected chi connectivity index (χ1v) is 4.25. The van der Waals surface area contributed by atoms with Gasteiger partial charge in [0.15, 0.2) is 6.29 Å². The van der Waals surface area contributed by atoms with E-state index in [9.17, 15) is 9.59 Å². The van der Waals surface area contributed by atoms with Gasteiger partial charge in [-0.25, -0.2) is 4.79 Å². The zero-order valence-corrected chi connectivity index (χ0v) is 7.77. The molecular formula is C7H12N2O6. The number of amides is 3. The Morgan fingerprint density at radius 1 is 1.40 bits per heavy atom. The van der Waals surface area contributed by atoms with Gasteiger partial charge in [0, 0.05) is 0 Å². The summed E-state index contributed by atoms with van der Waals surface area (Å²) in [5.74, 6) is -0.811. The van der Waals surface area contributed by atoms with Crippen LogP contribution in [-0.2, 0) is 9.53 Å². The summed E-state index contributed by atoms with van der Waals surface area (Å²) in [6, 6.07) is -0.779. The molecule has 1 fully saturated rings. The van der Waals surface area contributed by atoms with Crippen LogP contribution in [0.5, 0.6) is 0 Å². The van der Waals surface area contributed by atoms with Gasteiger partial charge in [-0.05, 0) is 0 Å². The summed E-state index contributed by atoms with van der Waals surface area (Å²) in [6.45, 7) is -0.563. The lowest BCUT2D eigenvalue weighted by Gasteiger charge is -2.26. The van der Waals surface area contributed by atoms with Crippen LogP contribution in [0.4, 0.5) is 4.79 Å². The number of imide groups is 1. The molecule has 0 aromatic carbocycles. The SMILES string of the molecule is O=C1NC(=O)C(CC(O)O)(OCCO)N1. The Morgan fingerprint density at radius 3 is 2.47 bits per heavy atom. The third-order valence-electron chi connectivity index (χ3n) is 1.82. The molecule has 15 heavy (non-hydrogen) atoms. The first-order chi connectivity index (χ1) is 7.00. The standard InChI is InChI=1S/C7H12N2O6/c10-1-2-15-7(3-4(11)12)5(13)8-6(14)9-7/h4,10-12H,1-3H2,(H2,8,9,13,14). The van der Waals surface area contributed by atoms with Gasteiger partial charge in [-0.1, -0.05) is 0 Å². The number of hydrogen-bond donors (Lipinski definition) is 5. The fourth-order valence-electron chi connectivity index (χ4n) is 1.26. The van der Waals surface area contributed by atoms with E-state index in [0.29, 0.717) is 0 Å². The molecule has 1 saturated heterocycles. The van der Waals surface area contributed by atoms with Crippen LogP contribution in [0, 0.1) is 0 Å². The normalized spacial score (nSPS) is 25.6. The van der Waals surface area contributed by atoms with E-state index in [1.54, 1.807) is 0 Å². The van der Waals surface area contributed by atoms with Gasteiger partial charge in [-0.3, -0.25) is 10.1 Å². The minimum Gasteiger partial charge on any atom is -0.394 e. The third-order valence-corrected chi connectivity index (χ3v) is 1.82. The predicted molar refractivity (Wildman–Crippen MR) is 45.3 cm³/mol. The molecule has 0 radical (unpaired) electrons. The number of ether oxygens (including phenoxy) is 1. The summed E-state index contributed by atoms with van der Waals surface area (Å²) in [5.41, 5.74) is -1.81. The number of hydrogen-bond acceptors (Lipinski definition) is 6. The summed E-state index contributed by atoms with van der Waals surface area (Å²) >= 11 is 0. The van der Waals surface area contributed by atoms with Crippen LogP contribution in [0.15, 0.2) is 0 Å². The molecule has 1 aliphatic heterocycles. The quantitative estimate of drug-likeness (QED) is 0.252. The highest BCUT2D eigenvalue weighted by Crippen LogP contribution is 2.18. The Bertz CT molecular complexity index is 268. The Labute approximate surface area is 84.8 Å². The molecule has 1 unspecified atom stereocenters. The van der Waals surface area contributed by atoms with Crippen LogP contribution in [0.1, 0.15) is 6.42 Å². The monoisotopic (exact) mass is 220 g/mol. The van der Waals surface area contributed by atoms with Crippen LogP contribution < -0.4 is 10.6 Å². The van der Waals surface area contributed by atoms with Crippen LogP contribution >= 0.6 is 0 Å². The molecule has 1 atom stereocenters. The van der Waals surface area contributed by atoms with Gasteiger partial charge in [-0.15, -0.1) is 0 Å². The second-order valence-electron chi connectivity index (χ2n) is 2.99. The van der Waals surface area contributed by atoms with Gasteiger partial charge in [0.05, 0.1) is 19.6 Å². The molecule has 8 nitrogen and oxygen atoms in total. The lowest BCUT2D eigenvalue weighted by Crippen LogP contribution is -2.52. The van der Waals surface area contributed by atoms with Gasteiger partial charge in [-0.2, -0.15) is 0 Å². The Kier molecular flexibility index (Phi) is 3.58. The zero-order chi connectivity index (χ0) is 11.5. The average molecular weight is 220 g/mol. The first-order valence-electron chi connectivity index (χ1n) is 4.25. The van der Waals surface area contributed by atoms with Gasteiger partial charge in [0.2, 0.25) is 5.72 Å². The van der Waals surface area contributed by atoms with Crippen LogP contribution in [0.3, 0.4) is 0 Å². The molecule has 0 aromatic rings. The highest BCUT2D eigenvalue weighted by molar-refractivity contribution is 6.06. The molecule has 0 spiro atoms. The summed E-state index contributed by atoms with van der Waals surface area (Å²) < 4.78 is 4.92. The lowest BCUT2D eigenvalue weighted by atomic mass is 10.1. The van der Waals surface area contributed by atoms with Crippen molar-refractivity contribution in [3.63, 3.8) is 0 Å². The van der Waals surface area contributed by atoms with E-state index in [4.69, 9.17) is 20.1 Å². The van der Waals surface area contributed by atoms with Crippen molar-refractivity contribution in [1.29, 1.82) is 0 Å². The van der Waals surface area contributed by atoms with Gasteiger partial charge in [0.25, 0.3) is 5.91 Å². The summed E-state index contributed by atoms with van der Waals surface area (Å²) in [5, 5.41) is 30.1. The molecule has 1 rings (SSSR count). The van der Waals surface area contributed by atoms with Crippen LogP contribution in [0.2, 0.25) is 0 Å². The number of carbonyl (C=O) groups excluding carboxylic acids is 2. The van der Waals surface area contributed by atoms with Gasteiger partial charge >= 0.3 is 6.03 Å². The Morgan fingerprint density at radius 2 is 2.07 bits per heavy atom. The lowest BCUT2D eigenvalue weighted by molar-refractivity contribution is -0.163. The molecule has 0 aliphatic carbocycles. The van der Waals surface area contributed by atoms with E-state index in [-0.39, 0.29) is 13.2 Å². The molecule has 86 valence electrons. The minimum absolute atomic E-state index is 0.208. The van der Waals surface area contributed by atoms with Crippen molar-refractivity contribution in [2.24, 2.45) is 0 Å². The van der Waals surface area contributed by atoms with Crippen LogP contribution in [-0.4, -0.2) is 52.5 Å². The molecule has 0 aromatic heterocycles. The van der Waals surface area contributed by atoms with Gasteiger partial charge < -0.3 is 25.4 Å². The Hall–Kier alpha value is -1.22. The van der Waals surface area contributed by atoms with E-state index in [1.807, 2.05) is 5.32 Å². The fraction of sp³-hybridized carbons (Fsp3) is 0.714. The summed E-state index contributed by atoms with van der Waals surface area (Å²) in [6.07, 6.45) is -2.32. The molecule has 5 N–H and O–H groups in total. The van der Waals surface area contributed by atoms with Crippen molar-refractivity contribution in [1.82, 2.24) is 10.6 Å². The molecule has 1 aliphatic rings. The number of carbonyl (C=O) groups is 2. The minimum atomic E-state index is -1.81. The smallest absolute Gasteiger partial charge is 0.324 e.